The molecule has 2 N–H and O–H groups in total. The van der Waals surface area contributed by atoms with Crippen molar-refractivity contribution >= 4 is 35.0 Å². The summed E-state index contributed by atoms with van der Waals surface area (Å²) >= 11 is 1.42. The zero-order chi connectivity index (χ0) is 24.1. The third-order valence-electron chi connectivity index (χ3n) is 5.08. The highest BCUT2D eigenvalue weighted by Crippen LogP contribution is 2.35. The second-order valence-electron chi connectivity index (χ2n) is 7.37. The number of hydrogen-bond acceptors (Lipinski definition) is 7. The van der Waals surface area contributed by atoms with Crippen LogP contribution >= 0.6 is 11.8 Å². The molecule has 0 aliphatic carbocycles. The molecule has 0 saturated carbocycles. The van der Waals surface area contributed by atoms with Gasteiger partial charge in [-0.25, -0.2) is 0 Å². The van der Waals surface area contributed by atoms with Crippen LogP contribution in [0.25, 0.3) is 0 Å². The molecular formula is C25H24N2O6S. The van der Waals surface area contributed by atoms with Gasteiger partial charge < -0.3 is 29.6 Å². The Labute approximate surface area is 201 Å². The fraction of sp³-hybridized carbons (Fsp3) is 0.200. The number of rotatable bonds is 8. The molecule has 1 aliphatic rings. The van der Waals surface area contributed by atoms with Gasteiger partial charge in [0.05, 0.1) is 19.5 Å². The molecule has 0 fully saturated rings. The number of fused-ring (bicyclic) bond motifs is 1. The quantitative estimate of drug-likeness (QED) is 0.447. The second-order valence-corrected chi connectivity index (χ2v) is 8.78. The second kappa shape index (κ2) is 10.4. The Bertz CT molecular complexity index is 1200. The molecule has 0 spiro atoms. The minimum absolute atomic E-state index is 0.130. The van der Waals surface area contributed by atoms with Crippen molar-refractivity contribution in [2.75, 3.05) is 31.6 Å². The molecule has 0 saturated heterocycles. The smallest absolute Gasteiger partial charge is 0.255 e. The van der Waals surface area contributed by atoms with Crippen molar-refractivity contribution in [2.45, 2.75) is 17.1 Å². The maximum atomic E-state index is 12.6. The lowest BCUT2D eigenvalue weighted by molar-refractivity contribution is -0.115. The summed E-state index contributed by atoms with van der Waals surface area (Å²) in [5.74, 6) is 1.92. The van der Waals surface area contributed by atoms with Crippen molar-refractivity contribution < 1.29 is 28.5 Å². The number of methoxy groups -OCH3 is 2. The van der Waals surface area contributed by atoms with Crippen molar-refractivity contribution in [3.05, 3.63) is 66.2 Å². The molecule has 4 rings (SSSR count). The number of nitrogens with one attached hydrogen (secondary N) is 2. The van der Waals surface area contributed by atoms with E-state index in [1.807, 2.05) is 19.1 Å². The van der Waals surface area contributed by atoms with Gasteiger partial charge in [0.15, 0.2) is 23.0 Å². The van der Waals surface area contributed by atoms with Crippen LogP contribution in [0.15, 0.2) is 65.6 Å². The first-order valence-electron chi connectivity index (χ1n) is 10.5. The number of anilines is 2. The van der Waals surface area contributed by atoms with Crippen LogP contribution in [0.5, 0.6) is 23.0 Å². The fourth-order valence-electron chi connectivity index (χ4n) is 3.27. The summed E-state index contributed by atoms with van der Waals surface area (Å²) in [7, 11) is 3.06. The summed E-state index contributed by atoms with van der Waals surface area (Å²) in [6.45, 7) is 2.02. The van der Waals surface area contributed by atoms with E-state index >= 15 is 0 Å². The predicted molar refractivity (Wildman–Crippen MR) is 130 cm³/mol. The Morgan fingerprint density at radius 3 is 2.29 bits per heavy atom. The number of ether oxygens (including phenoxy) is 4. The molecule has 3 aromatic carbocycles. The van der Waals surface area contributed by atoms with Gasteiger partial charge in [-0.2, -0.15) is 0 Å². The van der Waals surface area contributed by atoms with Crippen molar-refractivity contribution in [1.29, 1.82) is 0 Å². The summed E-state index contributed by atoms with van der Waals surface area (Å²) in [5.41, 5.74) is 1.74. The molecular weight excluding hydrogens is 456 g/mol. The summed E-state index contributed by atoms with van der Waals surface area (Å²) in [5, 5.41) is 5.42. The molecule has 1 unspecified atom stereocenters. The average Bonchev–Trinajstić information content (AvgIpc) is 3.32. The Morgan fingerprint density at radius 2 is 1.56 bits per heavy atom. The van der Waals surface area contributed by atoms with Crippen LogP contribution in [0.2, 0.25) is 0 Å². The number of benzene rings is 3. The van der Waals surface area contributed by atoms with E-state index in [9.17, 15) is 9.59 Å². The van der Waals surface area contributed by atoms with Crippen molar-refractivity contribution in [3.63, 3.8) is 0 Å². The van der Waals surface area contributed by atoms with Crippen LogP contribution in [0.1, 0.15) is 17.3 Å². The highest BCUT2D eigenvalue weighted by molar-refractivity contribution is 8.00. The summed E-state index contributed by atoms with van der Waals surface area (Å²) in [4.78, 5) is 26.1. The fourth-order valence-corrected chi connectivity index (χ4v) is 4.14. The molecule has 1 atom stereocenters. The molecule has 34 heavy (non-hydrogen) atoms. The summed E-state index contributed by atoms with van der Waals surface area (Å²) in [6, 6.07) is 17.6. The van der Waals surface area contributed by atoms with Gasteiger partial charge in [0.1, 0.15) is 0 Å². The highest BCUT2D eigenvalue weighted by atomic mass is 32.2. The molecule has 8 nitrogen and oxygen atoms in total. The lowest BCUT2D eigenvalue weighted by Crippen LogP contribution is -2.22. The van der Waals surface area contributed by atoms with Gasteiger partial charge in [0.2, 0.25) is 12.7 Å². The van der Waals surface area contributed by atoms with Gasteiger partial charge in [-0.15, -0.1) is 11.8 Å². The maximum Gasteiger partial charge on any atom is 0.255 e. The topological polar surface area (TPSA) is 95.1 Å². The minimum atomic E-state index is -0.336. The Balaban J connectivity index is 1.33. The largest absolute Gasteiger partial charge is 0.493 e. The lowest BCUT2D eigenvalue weighted by Gasteiger charge is -2.13. The SMILES string of the molecule is COc1ccc(C(=O)Nc2ccc(SC(C)C(=O)Nc3ccc4c(c3)OCO4)cc2)cc1OC. The summed E-state index contributed by atoms with van der Waals surface area (Å²) < 4.78 is 21.1. The zero-order valence-corrected chi connectivity index (χ0v) is 19.7. The van der Waals surface area contributed by atoms with Crippen LogP contribution in [0.4, 0.5) is 11.4 Å². The maximum absolute atomic E-state index is 12.6. The standard InChI is InChI=1S/C25H24N2O6S/c1-15(24(28)27-18-7-11-21-23(13-18)33-14-32-21)34-19-8-5-17(6-9-19)26-25(29)16-4-10-20(30-2)22(12-16)31-3/h4-13,15H,14H2,1-3H3,(H,26,29)(H,27,28). The molecule has 0 aromatic heterocycles. The number of carbonyl (C=O) groups excluding carboxylic acids is 2. The number of amides is 2. The van der Waals surface area contributed by atoms with Crippen molar-refractivity contribution in [1.82, 2.24) is 0 Å². The molecule has 2 amide bonds. The van der Waals surface area contributed by atoms with Gasteiger partial charge in [-0.1, -0.05) is 0 Å². The Hall–Kier alpha value is -3.85. The molecule has 1 heterocycles. The third-order valence-corrected chi connectivity index (χ3v) is 6.19. The van der Waals surface area contributed by atoms with Gasteiger partial charge in [0, 0.05) is 27.9 Å². The zero-order valence-electron chi connectivity index (χ0n) is 18.9. The third kappa shape index (κ3) is 5.37. The normalized spacial score (nSPS) is 12.6. The Morgan fingerprint density at radius 1 is 0.853 bits per heavy atom. The molecule has 0 radical (unpaired) electrons. The molecule has 9 heteroatoms. The first-order valence-corrected chi connectivity index (χ1v) is 11.4. The van der Waals surface area contributed by atoms with E-state index in [1.54, 1.807) is 55.6 Å². The number of hydrogen-bond donors (Lipinski definition) is 2. The van der Waals surface area contributed by atoms with Crippen LogP contribution < -0.4 is 29.6 Å². The summed E-state index contributed by atoms with van der Waals surface area (Å²) in [6.07, 6.45) is 0. The van der Waals surface area contributed by atoms with Gasteiger partial charge >= 0.3 is 0 Å². The molecule has 1 aliphatic heterocycles. The van der Waals surface area contributed by atoms with Crippen LogP contribution in [-0.4, -0.2) is 38.1 Å². The number of carbonyl (C=O) groups is 2. The van der Waals surface area contributed by atoms with Gasteiger partial charge in [0.25, 0.3) is 5.91 Å². The van der Waals surface area contributed by atoms with Crippen molar-refractivity contribution in [2.24, 2.45) is 0 Å². The van der Waals surface area contributed by atoms with Crippen molar-refractivity contribution in [3.8, 4) is 23.0 Å². The first-order chi connectivity index (χ1) is 16.5. The average molecular weight is 481 g/mol. The van der Waals surface area contributed by atoms with Gasteiger partial charge in [-0.3, -0.25) is 9.59 Å². The van der Waals surface area contributed by atoms with E-state index in [-0.39, 0.29) is 23.9 Å². The van der Waals surface area contributed by atoms with Gasteiger partial charge in [-0.05, 0) is 61.5 Å². The Kier molecular flexibility index (Phi) is 7.12. The highest BCUT2D eigenvalue weighted by Gasteiger charge is 2.18. The predicted octanol–water partition coefficient (Wildman–Crippen LogP) is 4.80. The van der Waals surface area contributed by atoms with E-state index in [4.69, 9.17) is 18.9 Å². The van der Waals surface area contributed by atoms with E-state index in [1.165, 1.54) is 18.9 Å². The van der Waals surface area contributed by atoms with E-state index in [2.05, 4.69) is 10.6 Å². The molecule has 3 aromatic rings. The van der Waals surface area contributed by atoms with E-state index in [0.717, 1.165) is 4.90 Å². The monoisotopic (exact) mass is 480 g/mol. The first kappa shape index (κ1) is 23.3. The van der Waals surface area contributed by atoms with Crippen LogP contribution in [0, 0.1) is 0 Å². The van der Waals surface area contributed by atoms with E-state index < -0.39 is 0 Å². The van der Waals surface area contributed by atoms with Crippen LogP contribution in [-0.2, 0) is 4.79 Å². The molecule has 176 valence electrons. The lowest BCUT2D eigenvalue weighted by atomic mass is 10.2. The molecule has 0 bridgehead atoms. The van der Waals surface area contributed by atoms with E-state index in [0.29, 0.717) is 39.9 Å². The van der Waals surface area contributed by atoms with Crippen LogP contribution in [0.3, 0.4) is 0 Å². The number of thioether (sulfide) groups is 1. The minimum Gasteiger partial charge on any atom is -0.493 e.